The van der Waals surface area contributed by atoms with Gasteiger partial charge in [0.15, 0.2) is 11.6 Å². The molecule has 0 saturated carbocycles. The number of benzene rings is 1. The maximum Gasteiger partial charge on any atom is 0.165 e. The van der Waals surface area contributed by atoms with Crippen LogP contribution in [0.4, 0.5) is 4.39 Å². The van der Waals surface area contributed by atoms with Crippen LogP contribution in [0.15, 0.2) is 30.7 Å². The van der Waals surface area contributed by atoms with Crippen molar-refractivity contribution in [3.05, 3.63) is 47.8 Å². The fraction of sp³-hybridized carbons (Fsp3) is 0.438. The molecule has 21 heavy (non-hydrogen) atoms. The third-order valence-corrected chi connectivity index (χ3v) is 3.21. The standard InChI is InChI=1S/C16H22FN3O/c1-3-7-20-12-19-10-14(20)11-21-16-6-5-13(8-15(16)17)9-18-4-2/h5-6,8,10,12,18H,3-4,7,9,11H2,1-2H3. The number of hydrogen-bond acceptors (Lipinski definition) is 3. The number of rotatable bonds is 8. The molecule has 1 aromatic carbocycles. The first kappa shape index (κ1) is 15.5. The molecule has 1 aromatic heterocycles. The number of halogens is 1. The van der Waals surface area contributed by atoms with Gasteiger partial charge >= 0.3 is 0 Å². The van der Waals surface area contributed by atoms with E-state index in [4.69, 9.17) is 4.74 Å². The van der Waals surface area contributed by atoms with Crippen molar-refractivity contribution >= 4 is 0 Å². The predicted molar refractivity (Wildman–Crippen MR) is 80.6 cm³/mol. The van der Waals surface area contributed by atoms with E-state index in [0.717, 1.165) is 30.8 Å². The van der Waals surface area contributed by atoms with Crippen molar-refractivity contribution in [1.29, 1.82) is 0 Å². The minimum absolute atomic E-state index is 0.277. The summed E-state index contributed by atoms with van der Waals surface area (Å²) in [5, 5.41) is 3.17. The number of aromatic nitrogens is 2. The molecule has 2 rings (SSSR count). The van der Waals surface area contributed by atoms with E-state index < -0.39 is 0 Å². The van der Waals surface area contributed by atoms with Crippen molar-refractivity contribution in [2.24, 2.45) is 0 Å². The smallest absolute Gasteiger partial charge is 0.165 e. The number of nitrogens with zero attached hydrogens (tertiary/aromatic N) is 2. The Morgan fingerprint density at radius 2 is 2.19 bits per heavy atom. The largest absolute Gasteiger partial charge is 0.484 e. The highest BCUT2D eigenvalue weighted by molar-refractivity contribution is 5.29. The summed E-state index contributed by atoms with van der Waals surface area (Å²) in [6, 6.07) is 5.08. The Kier molecular flexibility index (Phi) is 5.75. The summed E-state index contributed by atoms with van der Waals surface area (Å²) >= 11 is 0. The lowest BCUT2D eigenvalue weighted by molar-refractivity contribution is 0.280. The lowest BCUT2D eigenvalue weighted by Gasteiger charge is -2.10. The molecule has 0 fully saturated rings. The van der Waals surface area contributed by atoms with Gasteiger partial charge in [-0.2, -0.15) is 0 Å². The first-order chi connectivity index (χ1) is 10.2. The molecule has 0 atom stereocenters. The normalized spacial score (nSPS) is 10.8. The van der Waals surface area contributed by atoms with Crippen molar-refractivity contribution < 1.29 is 9.13 Å². The minimum Gasteiger partial charge on any atom is -0.484 e. The van der Waals surface area contributed by atoms with Gasteiger partial charge in [0.05, 0.1) is 18.2 Å². The van der Waals surface area contributed by atoms with Crippen molar-refractivity contribution in [1.82, 2.24) is 14.9 Å². The van der Waals surface area contributed by atoms with Gasteiger partial charge in [0.25, 0.3) is 0 Å². The van der Waals surface area contributed by atoms with Gasteiger partial charge in [0.2, 0.25) is 0 Å². The van der Waals surface area contributed by atoms with E-state index >= 15 is 0 Å². The van der Waals surface area contributed by atoms with Crippen LogP contribution in [-0.4, -0.2) is 16.1 Å². The summed E-state index contributed by atoms with van der Waals surface area (Å²) < 4.78 is 21.6. The van der Waals surface area contributed by atoms with Crippen LogP contribution >= 0.6 is 0 Å². The second-order valence-corrected chi connectivity index (χ2v) is 4.91. The Labute approximate surface area is 125 Å². The second kappa shape index (κ2) is 7.78. The van der Waals surface area contributed by atoms with Gasteiger partial charge in [0, 0.05) is 13.1 Å². The number of ether oxygens (including phenoxy) is 1. The zero-order chi connectivity index (χ0) is 15.1. The topological polar surface area (TPSA) is 39.1 Å². The molecule has 114 valence electrons. The third-order valence-electron chi connectivity index (χ3n) is 3.21. The molecule has 0 bridgehead atoms. The van der Waals surface area contributed by atoms with E-state index in [1.165, 1.54) is 6.07 Å². The number of imidazole rings is 1. The van der Waals surface area contributed by atoms with E-state index in [1.54, 1.807) is 18.6 Å². The predicted octanol–water partition coefficient (Wildman–Crippen LogP) is 3.12. The Bertz CT molecular complexity index is 568. The Balaban J connectivity index is 1.98. The molecule has 5 heteroatoms. The average molecular weight is 291 g/mol. The Morgan fingerprint density at radius 1 is 1.33 bits per heavy atom. The SMILES string of the molecule is CCCn1cncc1COc1ccc(CNCC)cc1F. The zero-order valence-electron chi connectivity index (χ0n) is 12.6. The molecule has 0 amide bonds. The molecular weight excluding hydrogens is 269 g/mol. The van der Waals surface area contributed by atoms with Crippen LogP contribution in [0.1, 0.15) is 31.5 Å². The van der Waals surface area contributed by atoms with Gasteiger partial charge in [-0.1, -0.05) is 19.9 Å². The number of aryl methyl sites for hydroxylation is 1. The molecule has 4 nitrogen and oxygen atoms in total. The maximum atomic E-state index is 14.0. The lowest BCUT2D eigenvalue weighted by atomic mass is 10.2. The number of hydrogen-bond donors (Lipinski definition) is 1. The van der Waals surface area contributed by atoms with E-state index in [0.29, 0.717) is 13.2 Å². The molecule has 0 aliphatic carbocycles. The molecule has 1 N–H and O–H groups in total. The fourth-order valence-electron chi connectivity index (χ4n) is 2.10. The van der Waals surface area contributed by atoms with Gasteiger partial charge in [-0.25, -0.2) is 9.37 Å². The molecular formula is C16H22FN3O. The first-order valence-electron chi connectivity index (χ1n) is 7.35. The van der Waals surface area contributed by atoms with Crippen LogP contribution in [0.3, 0.4) is 0 Å². The summed E-state index contributed by atoms with van der Waals surface area (Å²) in [6.45, 7) is 6.87. The maximum absolute atomic E-state index is 14.0. The van der Waals surface area contributed by atoms with Crippen LogP contribution in [0.5, 0.6) is 5.75 Å². The first-order valence-corrected chi connectivity index (χ1v) is 7.35. The van der Waals surface area contributed by atoms with Crippen LogP contribution in [-0.2, 0) is 19.7 Å². The highest BCUT2D eigenvalue weighted by Gasteiger charge is 2.07. The fourth-order valence-corrected chi connectivity index (χ4v) is 2.10. The molecule has 0 saturated heterocycles. The monoisotopic (exact) mass is 291 g/mol. The van der Waals surface area contributed by atoms with Gasteiger partial charge in [-0.3, -0.25) is 0 Å². The van der Waals surface area contributed by atoms with E-state index in [1.807, 2.05) is 17.6 Å². The average Bonchev–Trinajstić information content (AvgIpc) is 2.92. The molecule has 0 radical (unpaired) electrons. The van der Waals surface area contributed by atoms with Gasteiger partial charge in [0.1, 0.15) is 6.61 Å². The molecule has 2 aromatic rings. The van der Waals surface area contributed by atoms with E-state index in [-0.39, 0.29) is 11.6 Å². The zero-order valence-corrected chi connectivity index (χ0v) is 12.6. The Hall–Kier alpha value is -1.88. The van der Waals surface area contributed by atoms with E-state index in [9.17, 15) is 4.39 Å². The van der Waals surface area contributed by atoms with Crippen molar-refractivity contribution in [3.8, 4) is 5.75 Å². The highest BCUT2D eigenvalue weighted by Crippen LogP contribution is 2.19. The molecule has 0 unspecified atom stereocenters. The Morgan fingerprint density at radius 3 is 2.90 bits per heavy atom. The summed E-state index contributed by atoms with van der Waals surface area (Å²) in [4.78, 5) is 4.10. The van der Waals surface area contributed by atoms with E-state index in [2.05, 4.69) is 17.2 Å². The minimum atomic E-state index is -0.327. The van der Waals surface area contributed by atoms with Gasteiger partial charge in [-0.05, 0) is 30.7 Å². The molecule has 0 aliphatic rings. The summed E-state index contributed by atoms with van der Waals surface area (Å²) in [5.74, 6) is -0.0496. The second-order valence-electron chi connectivity index (χ2n) is 4.91. The summed E-state index contributed by atoms with van der Waals surface area (Å²) in [5.41, 5.74) is 1.87. The third kappa shape index (κ3) is 4.29. The summed E-state index contributed by atoms with van der Waals surface area (Å²) in [7, 11) is 0. The number of nitrogens with one attached hydrogen (secondary N) is 1. The molecule has 0 aliphatic heterocycles. The van der Waals surface area contributed by atoms with Crippen molar-refractivity contribution in [3.63, 3.8) is 0 Å². The summed E-state index contributed by atoms with van der Waals surface area (Å²) in [6.07, 6.45) is 4.56. The highest BCUT2D eigenvalue weighted by atomic mass is 19.1. The molecule has 1 heterocycles. The van der Waals surface area contributed by atoms with Crippen LogP contribution in [0, 0.1) is 5.82 Å². The van der Waals surface area contributed by atoms with Crippen molar-refractivity contribution in [2.45, 2.75) is 40.0 Å². The van der Waals surface area contributed by atoms with Crippen LogP contribution < -0.4 is 10.1 Å². The van der Waals surface area contributed by atoms with Gasteiger partial charge < -0.3 is 14.6 Å². The quantitative estimate of drug-likeness (QED) is 0.812. The van der Waals surface area contributed by atoms with Crippen LogP contribution in [0.25, 0.3) is 0 Å². The van der Waals surface area contributed by atoms with Crippen molar-refractivity contribution in [2.75, 3.05) is 6.54 Å². The lowest BCUT2D eigenvalue weighted by Crippen LogP contribution is -2.12. The van der Waals surface area contributed by atoms with Gasteiger partial charge in [-0.15, -0.1) is 0 Å². The van der Waals surface area contributed by atoms with Crippen LogP contribution in [0.2, 0.25) is 0 Å². The molecule has 0 spiro atoms.